The van der Waals surface area contributed by atoms with E-state index in [1.165, 1.54) is 38.5 Å². The smallest absolute Gasteiger partial charge is 0.306 e. The highest BCUT2D eigenvalue weighted by Crippen LogP contribution is 2.26. The molecule has 67 heavy (non-hydrogen) atoms. The average molecular weight is 934 g/mol. The summed E-state index contributed by atoms with van der Waals surface area (Å²) >= 11 is 0. The highest BCUT2D eigenvalue weighted by molar-refractivity contribution is 5.80. The van der Waals surface area contributed by atoms with Crippen molar-refractivity contribution in [3.63, 3.8) is 0 Å². The Morgan fingerprint density at radius 1 is 0.597 bits per heavy atom. The molecule has 0 aromatic heterocycles. The zero-order valence-electron chi connectivity index (χ0n) is 40.9. The zero-order chi connectivity index (χ0) is 49.0. The van der Waals surface area contributed by atoms with Crippen LogP contribution in [-0.4, -0.2) is 99.6 Å². The van der Waals surface area contributed by atoms with E-state index in [2.05, 4.69) is 38.2 Å². The quantitative estimate of drug-likeness (QED) is 0.0151. The highest BCUT2D eigenvalue weighted by Gasteiger charge is 2.47. The lowest BCUT2D eigenvalue weighted by atomic mass is 9.99. The van der Waals surface area contributed by atoms with Crippen molar-refractivity contribution in [3.05, 3.63) is 134 Å². The number of unbranched alkanes of at least 4 members (excludes halogenated alkanes) is 12. The molecule has 6 N–H and O–H groups in total. The summed E-state index contributed by atoms with van der Waals surface area (Å²) in [4.78, 5) is 26.3. The molecule has 1 aliphatic rings. The number of amides is 1. The molecule has 11 nitrogen and oxygen atoms in total. The molecule has 1 heterocycles. The third-order valence-electron chi connectivity index (χ3n) is 10.8. The Morgan fingerprint density at radius 2 is 1.07 bits per heavy atom. The molecule has 1 rings (SSSR count). The Kier molecular flexibility index (Phi) is 39.1. The number of carbonyl (C=O) groups is 2. The summed E-state index contributed by atoms with van der Waals surface area (Å²) in [7, 11) is 0. The molecule has 8 unspecified atom stereocenters. The van der Waals surface area contributed by atoms with Gasteiger partial charge in [-0.25, -0.2) is 0 Å². The summed E-state index contributed by atoms with van der Waals surface area (Å²) in [6.07, 6.45) is 49.5. The molecule has 0 aliphatic carbocycles. The number of esters is 1. The van der Waals surface area contributed by atoms with Crippen LogP contribution in [0.2, 0.25) is 0 Å². The molecule has 11 heteroatoms. The largest absolute Gasteiger partial charge is 0.454 e. The molecule has 0 saturated carbocycles. The van der Waals surface area contributed by atoms with Gasteiger partial charge in [0, 0.05) is 6.42 Å². The van der Waals surface area contributed by atoms with Crippen LogP contribution in [0.15, 0.2) is 134 Å². The summed E-state index contributed by atoms with van der Waals surface area (Å²) in [5, 5.41) is 56.4. The van der Waals surface area contributed by atoms with Crippen molar-refractivity contribution >= 4 is 11.9 Å². The summed E-state index contributed by atoms with van der Waals surface area (Å²) in [5.74, 6) is -1.34. The number of hydrogen-bond donors (Lipinski definition) is 6. The first-order chi connectivity index (χ1) is 32.7. The molecule has 0 radical (unpaired) electrons. The van der Waals surface area contributed by atoms with E-state index in [1.54, 1.807) is 6.08 Å². The molecule has 1 saturated heterocycles. The minimum absolute atomic E-state index is 0.0130. The summed E-state index contributed by atoms with van der Waals surface area (Å²) < 4.78 is 17.4. The molecule has 0 aromatic rings. The lowest BCUT2D eigenvalue weighted by Gasteiger charge is -2.41. The van der Waals surface area contributed by atoms with Crippen molar-refractivity contribution in [1.82, 2.24) is 5.32 Å². The number of rotatable bonds is 38. The van der Waals surface area contributed by atoms with Gasteiger partial charge in [0.15, 0.2) is 12.4 Å². The summed E-state index contributed by atoms with van der Waals surface area (Å²) in [6, 6.07) is -1.07. The molecule has 376 valence electrons. The van der Waals surface area contributed by atoms with E-state index < -0.39 is 67.4 Å². The molecular formula is C56H87NO10. The molecule has 1 aliphatic heterocycles. The van der Waals surface area contributed by atoms with Gasteiger partial charge in [-0.15, -0.1) is 0 Å². The van der Waals surface area contributed by atoms with Crippen molar-refractivity contribution in [1.29, 1.82) is 0 Å². The van der Waals surface area contributed by atoms with Crippen LogP contribution in [-0.2, 0) is 23.8 Å². The van der Waals surface area contributed by atoms with Gasteiger partial charge in [-0.05, 0) is 57.8 Å². The molecule has 0 bridgehead atoms. The van der Waals surface area contributed by atoms with E-state index in [4.69, 9.17) is 14.2 Å². The molecule has 0 spiro atoms. The van der Waals surface area contributed by atoms with Crippen LogP contribution in [0.5, 0.6) is 0 Å². The average Bonchev–Trinajstić information content (AvgIpc) is 3.32. The first-order valence-electron chi connectivity index (χ1n) is 25.1. The van der Waals surface area contributed by atoms with Crippen LogP contribution in [0.3, 0.4) is 0 Å². The highest BCUT2D eigenvalue weighted by atomic mass is 16.7. The topological polar surface area (TPSA) is 175 Å². The minimum Gasteiger partial charge on any atom is -0.454 e. The van der Waals surface area contributed by atoms with Gasteiger partial charge in [-0.1, -0.05) is 212 Å². The van der Waals surface area contributed by atoms with Gasteiger partial charge in [-0.2, -0.15) is 0 Å². The van der Waals surface area contributed by atoms with Crippen molar-refractivity contribution in [2.24, 2.45) is 0 Å². The van der Waals surface area contributed by atoms with Gasteiger partial charge in [0.25, 0.3) is 0 Å². The number of allylic oxidation sites excluding steroid dienone is 21. The van der Waals surface area contributed by atoms with E-state index >= 15 is 0 Å². The molecule has 0 aromatic carbocycles. The van der Waals surface area contributed by atoms with Gasteiger partial charge in [-0.3, -0.25) is 9.59 Å². The fourth-order valence-corrected chi connectivity index (χ4v) is 6.82. The fraction of sp³-hybridized carbons (Fsp3) is 0.571. The Balaban J connectivity index is 2.89. The Bertz CT molecular complexity index is 1590. The van der Waals surface area contributed by atoms with Crippen molar-refractivity contribution in [2.75, 3.05) is 13.2 Å². The minimum atomic E-state index is -1.66. The van der Waals surface area contributed by atoms with E-state index in [-0.39, 0.29) is 19.4 Å². The maximum Gasteiger partial charge on any atom is 0.306 e. The van der Waals surface area contributed by atoms with E-state index in [9.17, 15) is 35.1 Å². The maximum atomic E-state index is 13.3. The number of hydrogen-bond acceptors (Lipinski definition) is 10. The second-order valence-corrected chi connectivity index (χ2v) is 16.7. The lowest BCUT2D eigenvalue weighted by molar-refractivity contribution is -0.305. The van der Waals surface area contributed by atoms with Gasteiger partial charge < -0.3 is 45.1 Å². The first kappa shape index (κ1) is 60.8. The monoisotopic (exact) mass is 934 g/mol. The zero-order valence-corrected chi connectivity index (χ0v) is 40.9. The predicted octanol–water partition coefficient (Wildman–Crippen LogP) is 10.2. The van der Waals surface area contributed by atoms with Gasteiger partial charge >= 0.3 is 5.97 Å². The van der Waals surface area contributed by atoms with E-state index in [1.807, 2.05) is 115 Å². The second-order valence-electron chi connectivity index (χ2n) is 16.7. The summed E-state index contributed by atoms with van der Waals surface area (Å²) in [6.45, 7) is 5.36. The maximum absolute atomic E-state index is 13.3. The SMILES string of the molecule is CC/C=C/C=C/C=C\C=C/C=C/CCCCC(O)C(=O)NC(COC1OC(CO)C(O)C(O)C1OC(=O)CCC/C=C/C=C\C=C/C=C/C=C/CC)C(O)/C=C/CCCCCCCCCCC. The third-order valence-corrected chi connectivity index (χ3v) is 10.8. The Labute approximate surface area is 403 Å². The van der Waals surface area contributed by atoms with Crippen molar-refractivity contribution < 1.29 is 49.3 Å². The number of aliphatic hydroxyl groups excluding tert-OH is 5. The van der Waals surface area contributed by atoms with Crippen molar-refractivity contribution in [3.8, 4) is 0 Å². The molecule has 1 amide bonds. The van der Waals surface area contributed by atoms with E-state index in [0.717, 1.165) is 51.4 Å². The van der Waals surface area contributed by atoms with Gasteiger partial charge in [0.1, 0.15) is 24.4 Å². The number of nitrogens with one attached hydrogen (secondary N) is 1. The summed E-state index contributed by atoms with van der Waals surface area (Å²) in [5.41, 5.74) is 0. The number of ether oxygens (including phenoxy) is 3. The van der Waals surface area contributed by atoms with Crippen LogP contribution in [0.25, 0.3) is 0 Å². The van der Waals surface area contributed by atoms with Crippen molar-refractivity contribution in [2.45, 2.75) is 192 Å². The Hall–Kier alpha value is -4.20. The number of carbonyl (C=O) groups excluding carboxylic acids is 2. The van der Waals surface area contributed by atoms with Crippen LogP contribution in [0, 0.1) is 0 Å². The normalized spacial score (nSPS) is 21.2. The second kappa shape index (κ2) is 43.1. The number of aliphatic hydroxyl groups is 5. The standard InChI is InChI=1S/C56H87NO10/c1-4-7-10-13-16-19-22-24-26-28-31-34-37-40-43-49(60)55(64)57-47(48(59)42-39-36-33-30-27-21-18-15-12-9-6-3)46-65-56-54(53(63)52(62)50(45-58)66-56)67-51(61)44-41-38-35-32-29-25-23-20-17-14-11-8-5-2/h7-8,10-11,13-14,16-17,19-20,22-26,28-29,31-32,35,39,42,47-50,52-54,56,58-60,62-63H,4-6,9,12,15,18,21,27,30,33-34,36-38,40-41,43-46H2,1-3H3,(H,57,64)/b10-7+,11-8+,16-13+,17-14+,22-19-,23-20-,26-24-,29-25-,31-28+,35-32+,42-39+. The van der Waals surface area contributed by atoms with E-state index in [0.29, 0.717) is 19.3 Å². The van der Waals surface area contributed by atoms with Gasteiger partial charge in [0.2, 0.25) is 5.91 Å². The fourth-order valence-electron chi connectivity index (χ4n) is 6.82. The first-order valence-corrected chi connectivity index (χ1v) is 25.1. The predicted molar refractivity (Wildman–Crippen MR) is 273 cm³/mol. The molecule has 8 atom stereocenters. The van der Waals surface area contributed by atoms with Crippen LogP contribution in [0.1, 0.15) is 143 Å². The Morgan fingerprint density at radius 3 is 1.61 bits per heavy atom. The lowest BCUT2D eigenvalue weighted by Crippen LogP contribution is -2.61. The molecular weight excluding hydrogens is 847 g/mol. The van der Waals surface area contributed by atoms with Crippen LogP contribution in [0.4, 0.5) is 0 Å². The molecule has 1 fully saturated rings. The van der Waals surface area contributed by atoms with Gasteiger partial charge in [0.05, 0.1) is 25.4 Å². The third kappa shape index (κ3) is 32.2. The van der Waals surface area contributed by atoms with Crippen LogP contribution >= 0.6 is 0 Å². The van der Waals surface area contributed by atoms with Crippen LogP contribution < -0.4 is 5.32 Å².